The third kappa shape index (κ3) is 4.10. The van der Waals surface area contributed by atoms with Crippen LogP contribution in [0.2, 0.25) is 10.0 Å². The van der Waals surface area contributed by atoms with Crippen molar-refractivity contribution in [1.82, 2.24) is 0 Å². The number of benzene rings is 4. The molecule has 0 bridgehead atoms. The topological polar surface area (TPSA) is 23.6 Å². The molecule has 0 N–H and O–H groups in total. The summed E-state index contributed by atoms with van der Waals surface area (Å²) in [7, 11) is 0. The predicted octanol–water partition coefficient (Wildman–Crippen LogP) is 7.67. The van der Waals surface area contributed by atoms with Gasteiger partial charge in [0.25, 0.3) is 5.91 Å². The second-order valence-corrected chi connectivity index (χ2v) is 9.02. The maximum absolute atomic E-state index is 13.9. The molecule has 1 amide bonds. The van der Waals surface area contributed by atoms with Crippen molar-refractivity contribution in [3.63, 3.8) is 0 Å². The predicted molar refractivity (Wildman–Crippen MR) is 136 cm³/mol. The number of para-hydroxylation sites is 1. The number of carbonyl (C=O) groups excluding carboxylic acids is 1. The molecule has 0 fully saturated rings. The van der Waals surface area contributed by atoms with E-state index in [4.69, 9.17) is 23.2 Å². The molecule has 4 aromatic carbocycles. The van der Waals surface area contributed by atoms with E-state index in [1.807, 2.05) is 90.7 Å². The van der Waals surface area contributed by atoms with Gasteiger partial charge in [-0.3, -0.25) is 9.69 Å². The summed E-state index contributed by atoms with van der Waals surface area (Å²) < 4.78 is 0. The number of anilines is 2. The largest absolute Gasteiger partial charge is 0.342 e. The molecule has 33 heavy (non-hydrogen) atoms. The summed E-state index contributed by atoms with van der Waals surface area (Å²) >= 11 is 13.0. The maximum atomic E-state index is 13.9. The van der Waals surface area contributed by atoms with Gasteiger partial charge < -0.3 is 4.90 Å². The highest BCUT2D eigenvalue weighted by molar-refractivity contribution is 6.35. The number of carbonyl (C=O) groups is 1. The fraction of sp³-hybridized carbons (Fsp3) is 0.107. The van der Waals surface area contributed by atoms with Crippen molar-refractivity contribution >= 4 is 40.5 Å². The van der Waals surface area contributed by atoms with Gasteiger partial charge in [-0.15, -0.1) is 0 Å². The van der Waals surface area contributed by atoms with E-state index in [9.17, 15) is 4.79 Å². The van der Waals surface area contributed by atoms with Gasteiger partial charge in [0, 0.05) is 27.8 Å². The molecule has 1 aliphatic heterocycles. The molecular weight excluding hydrogens is 451 g/mol. The number of rotatable bonds is 4. The van der Waals surface area contributed by atoms with Crippen molar-refractivity contribution in [3.8, 4) is 0 Å². The quantitative estimate of drug-likeness (QED) is 0.304. The van der Waals surface area contributed by atoms with Gasteiger partial charge in [0.15, 0.2) is 0 Å². The summed E-state index contributed by atoms with van der Waals surface area (Å²) in [5.41, 5.74) is 5.45. The number of nitrogens with zero attached hydrogens (tertiary/aromatic N) is 2. The van der Waals surface area contributed by atoms with Crippen molar-refractivity contribution in [3.05, 3.63) is 129 Å². The molecule has 5 heteroatoms. The average molecular weight is 473 g/mol. The van der Waals surface area contributed by atoms with Gasteiger partial charge in [0.2, 0.25) is 0 Å². The molecule has 0 aromatic heterocycles. The van der Waals surface area contributed by atoms with Crippen LogP contribution in [-0.2, 0) is 6.54 Å². The fourth-order valence-corrected chi connectivity index (χ4v) is 4.86. The van der Waals surface area contributed by atoms with Crippen molar-refractivity contribution < 1.29 is 4.79 Å². The number of fused-ring (bicyclic) bond motifs is 1. The Labute approximate surface area is 203 Å². The number of hydrogen-bond donors (Lipinski definition) is 0. The highest BCUT2D eigenvalue weighted by Crippen LogP contribution is 2.44. The lowest BCUT2D eigenvalue weighted by Crippen LogP contribution is -2.49. The van der Waals surface area contributed by atoms with Crippen LogP contribution >= 0.6 is 23.2 Å². The zero-order valence-corrected chi connectivity index (χ0v) is 19.6. The fourth-order valence-electron chi connectivity index (χ4n) is 4.35. The minimum absolute atomic E-state index is 0.0604. The SMILES string of the molecule is Cc1ccc(N2C(=O)c3ccccc3N(Cc3ccccc3)[C@@H]2c2ccc(Cl)cc2Cl)cc1. The summed E-state index contributed by atoms with van der Waals surface area (Å²) in [6.45, 7) is 2.64. The smallest absolute Gasteiger partial charge is 0.262 e. The van der Waals surface area contributed by atoms with Gasteiger partial charge >= 0.3 is 0 Å². The van der Waals surface area contributed by atoms with Gasteiger partial charge in [-0.25, -0.2) is 0 Å². The normalized spacial score (nSPS) is 15.5. The van der Waals surface area contributed by atoms with E-state index in [-0.39, 0.29) is 5.91 Å². The summed E-state index contributed by atoms with van der Waals surface area (Å²) in [4.78, 5) is 18.0. The Bertz CT molecular complexity index is 1310. The van der Waals surface area contributed by atoms with Crippen LogP contribution in [0.1, 0.15) is 33.2 Å². The summed E-state index contributed by atoms with van der Waals surface area (Å²) in [5, 5.41) is 1.08. The van der Waals surface area contributed by atoms with E-state index in [0.29, 0.717) is 22.2 Å². The number of amides is 1. The molecule has 4 aromatic rings. The van der Waals surface area contributed by atoms with Crippen LogP contribution in [0.25, 0.3) is 0 Å². The molecule has 1 atom stereocenters. The first-order valence-corrected chi connectivity index (χ1v) is 11.5. The lowest BCUT2D eigenvalue weighted by atomic mass is 9.99. The zero-order valence-electron chi connectivity index (χ0n) is 18.1. The van der Waals surface area contributed by atoms with Crippen LogP contribution in [0.15, 0.2) is 97.1 Å². The molecule has 0 saturated carbocycles. The third-order valence-corrected chi connectivity index (χ3v) is 6.51. The van der Waals surface area contributed by atoms with E-state index in [2.05, 4.69) is 17.0 Å². The third-order valence-electron chi connectivity index (χ3n) is 5.95. The Balaban J connectivity index is 1.75. The van der Waals surface area contributed by atoms with Crippen LogP contribution in [0.4, 0.5) is 11.4 Å². The molecule has 0 aliphatic carbocycles. The van der Waals surface area contributed by atoms with Gasteiger partial charge in [-0.1, -0.05) is 89.4 Å². The molecule has 5 rings (SSSR count). The summed E-state index contributed by atoms with van der Waals surface area (Å²) in [6, 6.07) is 31.5. The minimum atomic E-state index is -0.444. The van der Waals surface area contributed by atoms with Gasteiger partial charge in [0.1, 0.15) is 6.17 Å². The highest BCUT2D eigenvalue weighted by atomic mass is 35.5. The first-order chi connectivity index (χ1) is 16.0. The molecule has 0 saturated heterocycles. The second-order valence-electron chi connectivity index (χ2n) is 8.18. The van der Waals surface area contributed by atoms with Crippen molar-refractivity contribution in [2.45, 2.75) is 19.6 Å². The lowest BCUT2D eigenvalue weighted by Gasteiger charge is -2.46. The molecule has 164 valence electrons. The Morgan fingerprint density at radius 3 is 2.24 bits per heavy atom. The zero-order chi connectivity index (χ0) is 22.9. The summed E-state index contributed by atoms with van der Waals surface area (Å²) in [6.07, 6.45) is -0.444. The first kappa shape index (κ1) is 21.6. The minimum Gasteiger partial charge on any atom is -0.342 e. The van der Waals surface area contributed by atoms with Crippen molar-refractivity contribution in [2.75, 3.05) is 9.80 Å². The molecule has 0 spiro atoms. The first-order valence-electron chi connectivity index (χ1n) is 10.8. The molecule has 3 nitrogen and oxygen atoms in total. The average Bonchev–Trinajstić information content (AvgIpc) is 2.83. The van der Waals surface area contributed by atoms with Gasteiger partial charge in [-0.2, -0.15) is 0 Å². The van der Waals surface area contributed by atoms with E-state index in [0.717, 1.165) is 28.1 Å². The van der Waals surface area contributed by atoms with Crippen LogP contribution < -0.4 is 9.80 Å². The molecule has 0 unspecified atom stereocenters. The van der Waals surface area contributed by atoms with E-state index < -0.39 is 6.17 Å². The molecular formula is C28H22Cl2N2O. The maximum Gasteiger partial charge on any atom is 0.262 e. The monoisotopic (exact) mass is 472 g/mol. The van der Waals surface area contributed by atoms with E-state index in [1.165, 1.54) is 0 Å². The van der Waals surface area contributed by atoms with Gasteiger partial charge in [0.05, 0.1) is 11.3 Å². The molecule has 1 aliphatic rings. The van der Waals surface area contributed by atoms with Crippen molar-refractivity contribution in [1.29, 1.82) is 0 Å². The lowest BCUT2D eigenvalue weighted by molar-refractivity contribution is 0.0968. The van der Waals surface area contributed by atoms with Crippen LogP contribution in [0, 0.1) is 6.92 Å². The Hall–Kier alpha value is -3.27. The standard InChI is InChI=1S/C28H22Cl2N2O/c1-19-11-14-22(15-12-19)32-27(23-16-13-21(29)17-25(23)30)31(18-20-7-3-2-4-8-20)26-10-6-5-9-24(26)28(32)33/h2-17,27H,18H2,1H3/t27-/m0/s1. The van der Waals surface area contributed by atoms with Crippen molar-refractivity contribution in [2.24, 2.45) is 0 Å². The Morgan fingerprint density at radius 1 is 0.818 bits per heavy atom. The van der Waals surface area contributed by atoms with E-state index >= 15 is 0 Å². The number of hydrogen-bond acceptors (Lipinski definition) is 2. The molecule has 0 radical (unpaired) electrons. The molecule has 1 heterocycles. The number of halogens is 2. The van der Waals surface area contributed by atoms with Crippen LogP contribution in [0.3, 0.4) is 0 Å². The highest BCUT2D eigenvalue weighted by Gasteiger charge is 2.40. The second kappa shape index (κ2) is 8.93. The summed E-state index contributed by atoms with van der Waals surface area (Å²) in [5.74, 6) is -0.0604. The van der Waals surface area contributed by atoms with Gasteiger partial charge in [-0.05, 0) is 48.9 Å². The number of aryl methyl sites for hydroxylation is 1. The van der Waals surface area contributed by atoms with Crippen LogP contribution in [0.5, 0.6) is 0 Å². The Kier molecular flexibility index (Phi) is 5.84. The van der Waals surface area contributed by atoms with E-state index in [1.54, 1.807) is 6.07 Å². The Morgan fingerprint density at radius 2 is 1.52 bits per heavy atom. The van der Waals surface area contributed by atoms with Crippen LogP contribution in [-0.4, -0.2) is 5.91 Å².